The number of nitrogens with one attached hydrogen (secondary N) is 1. The van der Waals surface area contributed by atoms with E-state index >= 15 is 0 Å². The Morgan fingerprint density at radius 2 is 1.89 bits per heavy atom. The molecule has 0 aliphatic rings. The van der Waals surface area contributed by atoms with Crippen LogP contribution in [0.2, 0.25) is 0 Å². The van der Waals surface area contributed by atoms with Crippen molar-refractivity contribution in [1.29, 1.82) is 0 Å². The van der Waals surface area contributed by atoms with Crippen LogP contribution in [0.4, 0.5) is 4.39 Å². The van der Waals surface area contributed by atoms with Gasteiger partial charge in [-0.2, -0.15) is 0 Å². The highest BCUT2D eigenvalue weighted by molar-refractivity contribution is 7.89. The Kier molecular flexibility index (Phi) is 6.06. The van der Waals surface area contributed by atoms with Gasteiger partial charge in [0.15, 0.2) is 0 Å². The third-order valence-corrected chi connectivity index (χ3v) is 5.77. The summed E-state index contributed by atoms with van der Waals surface area (Å²) in [7, 11) is -3.98. The van der Waals surface area contributed by atoms with Crippen molar-refractivity contribution in [3.63, 3.8) is 0 Å². The van der Waals surface area contributed by atoms with Gasteiger partial charge < -0.3 is 4.74 Å². The van der Waals surface area contributed by atoms with Crippen LogP contribution in [0, 0.1) is 12.7 Å². The molecule has 0 spiro atoms. The molecule has 146 valence electrons. The number of hydrogen-bond donors (Lipinski definition) is 1. The van der Waals surface area contributed by atoms with Gasteiger partial charge in [-0.1, -0.05) is 24.3 Å². The summed E-state index contributed by atoms with van der Waals surface area (Å²) in [6, 6.07) is 14.3. The first-order valence-electron chi connectivity index (χ1n) is 8.75. The highest BCUT2D eigenvalue weighted by Crippen LogP contribution is 2.22. The Hall–Kier alpha value is -2.77. The lowest BCUT2D eigenvalue weighted by Gasteiger charge is -2.16. The van der Waals surface area contributed by atoms with E-state index in [0.717, 1.165) is 17.2 Å². The number of aryl methyl sites for hydroxylation is 1. The quantitative estimate of drug-likeness (QED) is 0.647. The van der Waals surface area contributed by atoms with E-state index in [0.29, 0.717) is 17.9 Å². The van der Waals surface area contributed by atoms with Gasteiger partial charge in [-0.15, -0.1) is 0 Å². The third kappa shape index (κ3) is 4.94. The van der Waals surface area contributed by atoms with E-state index in [1.807, 2.05) is 12.1 Å². The second kappa shape index (κ2) is 8.50. The van der Waals surface area contributed by atoms with Crippen molar-refractivity contribution in [2.75, 3.05) is 0 Å². The molecule has 3 aromatic rings. The van der Waals surface area contributed by atoms with Crippen molar-refractivity contribution in [2.45, 2.75) is 31.4 Å². The van der Waals surface area contributed by atoms with E-state index < -0.39 is 21.9 Å². The Balaban J connectivity index is 1.67. The van der Waals surface area contributed by atoms with Crippen molar-refractivity contribution < 1.29 is 17.5 Å². The van der Waals surface area contributed by atoms with E-state index in [1.165, 1.54) is 12.1 Å². The molecule has 7 heteroatoms. The molecule has 5 nitrogen and oxygen atoms in total. The minimum atomic E-state index is -3.98. The van der Waals surface area contributed by atoms with Crippen LogP contribution in [0.5, 0.6) is 5.75 Å². The molecule has 1 atom stereocenters. The highest BCUT2D eigenvalue weighted by Gasteiger charge is 2.22. The number of nitrogens with zero attached hydrogens (tertiary/aromatic N) is 1. The van der Waals surface area contributed by atoms with Crippen LogP contribution in [0.25, 0.3) is 0 Å². The fourth-order valence-corrected chi connectivity index (χ4v) is 4.08. The lowest BCUT2D eigenvalue weighted by atomic mass is 10.1. The van der Waals surface area contributed by atoms with Crippen LogP contribution in [0.15, 0.2) is 71.9 Å². The largest absolute Gasteiger partial charge is 0.489 e. The van der Waals surface area contributed by atoms with Gasteiger partial charge in [0.25, 0.3) is 0 Å². The number of benzene rings is 2. The predicted octanol–water partition coefficient (Wildman–Crippen LogP) is 4.15. The van der Waals surface area contributed by atoms with Crippen molar-refractivity contribution >= 4 is 10.0 Å². The van der Waals surface area contributed by atoms with Crippen molar-refractivity contribution in [3.05, 3.63) is 89.5 Å². The van der Waals surface area contributed by atoms with Gasteiger partial charge in [-0.3, -0.25) is 4.98 Å². The summed E-state index contributed by atoms with van der Waals surface area (Å²) >= 11 is 0. The summed E-state index contributed by atoms with van der Waals surface area (Å²) in [6.07, 6.45) is 3.43. The maximum Gasteiger partial charge on any atom is 0.244 e. The average Bonchev–Trinajstić information content (AvgIpc) is 2.69. The first-order valence-corrected chi connectivity index (χ1v) is 10.2. The van der Waals surface area contributed by atoms with Crippen molar-refractivity contribution in [2.24, 2.45) is 0 Å². The van der Waals surface area contributed by atoms with E-state index in [4.69, 9.17) is 4.74 Å². The zero-order valence-electron chi connectivity index (χ0n) is 15.6. The number of hydrogen-bond acceptors (Lipinski definition) is 4. The molecule has 0 saturated heterocycles. The molecule has 0 fully saturated rings. The third-order valence-electron chi connectivity index (χ3n) is 4.22. The van der Waals surface area contributed by atoms with Crippen LogP contribution in [-0.2, 0) is 16.6 Å². The van der Waals surface area contributed by atoms with Crippen LogP contribution < -0.4 is 9.46 Å². The molecule has 1 heterocycles. The van der Waals surface area contributed by atoms with Crippen LogP contribution >= 0.6 is 0 Å². The second-order valence-electron chi connectivity index (χ2n) is 6.50. The Morgan fingerprint density at radius 3 is 2.57 bits per heavy atom. The standard InChI is InChI=1S/C21H21FN2O3S/c1-15-5-10-20(22)21(12-15)28(25,26)24-16(2)18-6-8-19(9-7-18)27-14-17-4-3-11-23-13-17/h3-13,16,24H,14H2,1-2H3. The molecule has 1 N–H and O–H groups in total. The van der Waals surface area contributed by atoms with Gasteiger partial charge in [-0.05, 0) is 55.3 Å². The van der Waals surface area contributed by atoms with E-state index in [2.05, 4.69) is 9.71 Å². The molecule has 1 aromatic heterocycles. The molecule has 2 aromatic carbocycles. The fraction of sp³-hybridized carbons (Fsp3) is 0.190. The number of sulfonamides is 1. The monoisotopic (exact) mass is 400 g/mol. The van der Waals surface area contributed by atoms with Gasteiger partial charge in [0.05, 0.1) is 0 Å². The van der Waals surface area contributed by atoms with E-state index in [-0.39, 0.29) is 4.90 Å². The summed E-state index contributed by atoms with van der Waals surface area (Å²) in [5.74, 6) is -0.114. The molecule has 0 aliphatic carbocycles. The Bertz CT molecular complexity index is 1040. The molecule has 0 bridgehead atoms. The van der Waals surface area contributed by atoms with Crippen LogP contribution in [0.1, 0.15) is 29.7 Å². The summed E-state index contributed by atoms with van der Waals surface area (Å²) in [5.41, 5.74) is 2.36. The van der Waals surface area contributed by atoms with Gasteiger partial charge in [0.2, 0.25) is 10.0 Å². The SMILES string of the molecule is Cc1ccc(F)c(S(=O)(=O)NC(C)c2ccc(OCc3cccnc3)cc2)c1. The topological polar surface area (TPSA) is 68.3 Å². The molecule has 0 amide bonds. The lowest BCUT2D eigenvalue weighted by molar-refractivity contribution is 0.305. The number of aromatic nitrogens is 1. The minimum Gasteiger partial charge on any atom is -0.489 e. The Morgan fingerprint density at radius 1 is 1.14 bits per heavy atom. The molecular weight excluding hydrogens is 379 g/mol. The lowest BCUT2D eigenvalue weighted by Crippen LogP contribution is -2.27. The number of halogens is 1. The smallest absolute Gasteiger partial charge is 0.244 e. The maximum atomic E-state index is 14.0. The van der Waals surface area contributed by atoms with E-state index in [9.17, 15) is 12.8 Å². The minimum absolute atomic E-state index is 0.351. The molecule has 0 radical (unpaired) electrons. The molecule has 0 aliphatic heterocycles. The molecule has 1 unspecified atom stereocenters. The first-order chi connectivity index (χ1) is 13.3. The second-order valence-corrected chi connectivity index (χ2v) is 8.18. The number of rotatable bonds is 7. The molecule has 28 heavy (non-hydrogen) atoms. The summed E-state index contributed by atoms with van der Waals surface area (Å²) in [6.45, 7) is 3.81. The van der Waals surface area contributed by atoms with Gasteiger partial charge in [0.1, 0.15) is 23.1 Å². The van der Waals surface area contributed by atoms with Crippen molar-refractivity contribution in [1.82, 2.24) is 9.71 Å². The van der Waals surface area contributed by atoms with Gasteiger partial charge >= 0.3 is 0 Å². The summed E-state index contributed by atoms with van der Waals surface area (Å²) < 4.78 is 47.2. The number of ether oxygens (including phenoxy) is 1. The number of pyridine rings is 1. The zero-order chi connectivity index (χ0) is 20.1. The predicted molar refractivity (Wildman–Crippen MR) is 105 cm³/mol. The normalized spacial score (nSPS) is 12.5. The van der Waals surface area contributed by atoms with Crippen molar-refractivity contribution in [3.8, 4) is 5.75 Å². The summed E-state index contributed by atoms with van der Waals surface area (Å²) in [4.78, 5) is 3.68. The van der Waals surface area contributed by atoms with Gasteiger partial charge in [0, 0.05) is 24.0 Å². The Labute approximate surface area is 164 Å². The van der Waals surface area contributed by atoms with Gasteiger partial charge in [-0.25, -0.2) is 17.5 Å². The maximum absolute atomic E-state index is 14.0. The van der Waals surface area contributed by atoms with Crippen LogP contribution in [-0.4, -0.2) is 13.4 Å². The summed E-state index contributed by atoms with van der Waals surface area (Å²) in [5, 5.41) is 0. The molecule has 0 saturated carbocycles. The first kappa shape index (κ1) is 20.0. The molecule has 3 rings (SSSR count). The van der Waals surface area contributed by atoms with E-state index in [1.54, 1.807) is 50.5 Å². The highest BCUT2D eigenvalue weighted by atomic mass is 32.2. The fourth-order valence-electron chi connectivity index (χ4n) is 2.68. The zero-order valence-corrected chi connectivity index (χ0v) is 16.4. The van der Waals surface area contributed by atoms with Crippen LogP contribution in [0.3, 0.4) is 0 Å². The average molecular weight is 400 g/mol. The molecular formula is C21H21FN2O3S.